The zero-order chi connectivity index (χ0) is 24.2. The van der Waals surface area contributed by atoms with E-state index >= 15 is 0 Å². The van der Waals surface area contributed by atoms with Crippen molar-refractivity contribution in [1.29, 1.82) is 0 Å². The number of hydrogen-bond acceptors (Lipinski definition) is 5. The molecule has 0 aliphatic carbocycles. The summed E-state index contributed by atoms with van der Waals surface area (Å²) < 4.78 is 7.37. The Balaban J connectivity index is 1.34. The summed E-state index contributed by atoms with van der Waals surface area (Å²) in [7, 11) is 0. The summed E-state index contributed by atoms with van der Waals surface area (Å²) in [6.07, 6.45) is 4.88. The molecule has 1 aliphatic rings. The molecule has 7 nitrogen and oxygen atoms in total. The molecule has 1 unspecified atom stereocenters. The van der Waals surface area contributed by atoms with Crippen LogP contribution in [0.3, 0.4) is 0 Å². The molecule has 0 spiro atoms. The number of fused-ring (bicyclic) bond motifs is 1. The molecule has 35 heavy (non-hydrogen) atoms. The molecule has 4 aromatic rings. The number of esters is 1. The number of carbonyl (C=O) groups is 2. The molecule has 7 heteroatoms. The number of nitrogens with zero attached hydrogens (tertiary/aromatic N) is 4. The Labute approximate surface area is 204 Å². The number of hydrogen-bond donors (Lipinski definition) is 0. The molecule has 0 bridgehead atoms. The zero-order valence-corrected chi connectivity index (χ0v) is 19.5. The van der Waals surface area contributed by atoms with E-state index in [1.807, 2.05) is 54.6 Å². The maximum absolute atomic E-state index is 13.2. The second kappa shape index (κ2) is 9.93. The first-order valence-corrected chi connectivity index (χ1v) is 11.7. The highest BCUT2D eigenvalue weighted by Gasteiger charge is 2.29. The third-order valence-corrected chi connectivity index (χ3v) is 6.18. The quantitative estimate of drug-likeness (QED) is 0.400. The number of aromatic nitrogens is 3. The fraction of sp³-hybridized carbons (Fsp3) is 0.214. The van der Waals surface area contributed by atoms with Crippen LogP contribution in [0.1, 0.15) is 34.0 Å². The predicted octanol–water partition coefficient (Wildman–Crippen LogP) is 4.12. The second-order valence-corrected chi connectivity index (χ2v) is 8.64. The van der Waals surface area contributed by atoms with Crippen LogP contribution < -0.4 is 0 Å². The molecule has 0 saturated heterocycles. The van der Waals surface area contributed by atoms with Crippen molar-refractivity contribution >= 4 is 11.9 Å². The van der Waals surface area contributed by atoms with Crippen molar-refractivity contribution in [3.63, 3.8) is 0 Å². The minimum absolute atomic E-state index is 0.201. The van der Waals surface area contributed by atoms with E-state index in [0.29, 0.717) is 36.5 Å². The molecule has 0 saturated carbocycles. The van der Waals surface area contributed by atoms with Gasteiger partial charge in [-0.15, -0.1) is 0 Å². The van der Waals surface area contributed by atoms with Crippen molar-refractivity contribution in [1.82, 2.24) is 19.7 Å². The summed E-state index contributed by atoms with van der Waals surface area (Å²) in [4.78, 5) is 32.2. The van der Waals surface area contributed by atoms with Gasteiger partial charge in [0.15, 0.2) is 6.10 Å². The third-order valence-electron chi connectivity index (χ3n) is 6.18. The van der Waals surface area contributed by atoms with Crippen molar-refractivity contribution in [2.75, 3.05) is 6.54 Å². The third kappa shape index (κ3) is 4.99. The lowest BCUT2D eigenvalue weighted by atomic mass is 9.99. The molecule has 5 rings (SSSR count). The maximum Gasteiger partial charge on any atom is 0.342 e. The highest BCUT2D eigenvalue weighted by atomic mass is 16.5. The van der Waals surface area contributed by atoms with Crippen LogP contribution in [0.25, 0.3) is 11.3 Å². The first-order valence-electron chi connectivity index (χ1n) is 11.7. The smallest absolute Gasteiger partial charge is 0.342 e. The highest BCUT2D eigenvalue weighted by Crippen LogP contribution is 2.24. The molecular formula is C28H26N4O3. The van der Waals surface area contributed by atoms with E-state index in [1.165, 1.54) is 5.56 Å². The number of benzene rings is 2. The minimum atomic E-state index is -0.910. The van der Waals surface area contributed by atoms with Crippen LogP contribution in [0, 0.1) is 0 Å². The van der Waals surface area contributed by atoms with Crippen LogP contribution in [0.4, 0.5) is 0 Å². The maximum atomic E-state index is 13.2. The Bertz CT molecular complexity index is 1330. The summed E-state index contributed by atoms with van der Waals surface area (Å²) in [6, 6.07) is 21.6. The van der Waals surface area contributed by atoms with Crippen LogP contribution in [0.15, 0.2) is 85.3 Å². The van der Waals surface area contributed by atoms with Crippen molar-refractivity contribution in [3.05, 3.63) is 108 Å². The number of carbonyl (C=O) groups excluding carboxylic acids is 2. The number of pyridine rings is 1. The van der Waals surface area contributed by atoms with Gasteiger partial charge >= 0.3 is 5.97 Å². The van der Waals surface area contributed by atoms with E-state index < -0.39 is 12.1 Å². The SMILES string of the molecule is CC(OC(=O)c1cn(Cc2ccccc2)nc1-c1cccnc1)C(=O)N1CCc2ccccc2C1. The van der Waals surface area contributed by atoms with Crippen molar-refractivity contribution in [2.45, 2.75) is 32.5 Å². The first-order chi connectivity index (χ1) is 17.1. The molecule has 0 radical (unpaired) electrons. The lowest BCUT2D eigenvalue weighted by Gasteiger charge is -2.30. The van der Waals surface area contributed by atoms with Crippen molar-refractivity contribution in [2.24, 2.45) is 0 Å². The average Bonchev–Trinajstić information content (AvgIpc) is 3.33. The van der Waals surface area contributed by atoms with Gasteiger partial charge in [0.25, 0.3) is 5.91 Å². The lowest BCUT2D eigenvalue weighted by Crippen LogP contribution is -2.42. The van der Waals surface area contributed by atoms with E-state index in [1.54, 1.807) is 41.2 Å². The van der Waals surface area contributed by atoms with E-state index in [2.05, 4.69) is 16.1 Å². The molecule has 0 fully saturated rings. The molecule has 1 aliphatic heterocycles. The number of ether oxygens (including phenoxy) is 1. The van der Waals surface area contributed by atoms with Gasteiger partial charge in [-0.1, -0.05) is 54.6 Å². The van der Waals surface area contributed by atoms with Crippen LogP contribution in [0.5, 0.6) is 0 Å². The van der Waals surface area contributed by atoms with Crippen LogP contribution in [-0.2, 0) is 29.0 Å². The Kier molecular flexibility index (Phi) is 6.39. The van der Waals surface area contributed by atoms with Crippen LogP contribution in [0.2, 0.25) is 0 Å². The van der Waals surface area contributed by atoms with Gasteiger partial charge in [0.2, 0.25) is 0 Å². The molecule has 3 heterocycles. The molecule has 176 valence electrons. The van der Waals surface area contributed by atoms with E-state index in [-0.39, 0.29) is 5.91 Å². The van der Waals surface area contributed by atoms with E-state index in [0.717, 1.165) is 17.5 Å². The minimum Gasteiger partial charge on any atom is -0.449 e. The molecule has 0 N–H and O–H groups in total. The van der Waals surface area contributed by atoms with Gasteiger partial charge in [-0.25, -0.2) is 4.79 Å². The van der Waals surface area contributed by atoms with Gasteiger partial charge in [-0.3, -0.25) is 14.5 Å². The van der Waals surface area contributed by atoms with E-state index in [9.17, 15) is 9.59 Å². The molecular weight excluding hydrogens is 440 g/mol. The standard InChI is InChI=1S/C28H26N4O3/c1-20(27(33)31-15-13-22-10-5-6-11-24(22)18-31)35-28(34)25-19-32(17-21-8-3-2-4-9-21)30-26(25)23-12-7-14-29-16-23/h2-12,14,16,19-20H,13,15,17-18H2,1H3. The van der Waals surface area contributed by atoms with Gasteiger partial charge < -0.3 is 9.64 Å². The summed E-state index contributed by atoms with van der Waals surface area (Å²) in [5.74, 6) is -0.783. The number of amides is 1. The molecule has 2 aromatic heterocycles. The summed E-state index contributed by atoms with van der Waals surface area (Å²) >= 11 is 0. The monoisotopic (exact) mass is 466 g/mol. The van der Waals surface area contributed by atoms with Gasteiger partial charge in [0.1, 0.15) is 11.3 Å². The Hall–Kier alpha value is -4.26. The number of rotatable bonds is 6. The van der Waals surface area contributed by atoms with Crippen LogP contribution >= 0.6 is 0 Å². The molecule has 2 aromatic carbocycles. The van der Waals surface area contributed by atoms with E-state index in [4.69, 9.17) is 4.74 Å². The zero-order valence-electron chi connectivity index (χ0n) is 19.5. The topological polar surface area (TPSA) is 77.3 Å². The second-order valence-electron chi connectivity index (χ2n) is 8.64. The van der Waals surface area contributed by atoms with Gasteiger partial charge in [0.05, 0.1) is 6.54 Å². The van der Waals surface area contributed by atoms with Gasteiger partial charge in [-0.2, -0.15) is 5.10 Å². The largest absolute Gasteiger partial charge is 0.449 e. The summed E-state index contributed by atoms with van der Waals surface area (Å²) in [5.41, 5.74) is 4.93. The Morgan fingerprint density at radius 3 is 2.54 bits per heavy atom. The lowest BCUT2D eigenvalue weighted by molar-refractivity contribution is -0.140. The first kappa shape index (κ1) is 22.5. The highest BCUT2D eigenvalue weighted by molar-refractivity contribution is 5.97. The Morgan fingerprint density at radius 1 is 1.00 bits per heavy atom. The molecule has 1 amide bonds. The van der Waals surface area contributed by atoms with Crippen molar-refractivity contribution in [3.8, 4) is 11.3 Å². The van der Waals surface area contributed by atoms with Crippen molar-refractivity contribution < 1.29 is 14.3 Å². The fourth-order valence-electron chi connectivity index (χ4n) is 4.35. The summed E-state index contributed by atoms with van der Waals surface area (Å²) in [5, 5.41) is 4.64. The predicted molar refractivity (Wildman–Crippen MR) is 131 cm³/mol. The average molecular weight is 467 g/mol. The fourth-order valence-corrected chi connectivity index (χ4v) is 4.35. The summed E-state index contributed by atoms with van der Waals surface area (Å²) in [6.45, 7) is 3.25. The molecule has 1 atom stereocenters. The van der Waals surface area contributed by atoms with Gasteiger partial charge in [0, 0.05) is 37.2 Å². The normalized spacial score (nSPS) is 13.7. The van der Waals surface area contributed by atoms with Gasteiger partial charge in [-0.05, 0) is 42.2 Å². The van der Waals surface area contributed by atoms with Crippen LogP contribution in [-0.4, -0.2) is 44.2 Å². The Morgan fingerprint density at radius 2 is 1.77 bits per heavy atom.